The molecule has 2 rings (SSSR count). The molecular weight excluding hydrogens is 226 g/mol. The van der Waals surface area contributed by atoms with E-state index in [2.05, 4.69) is 42.9 Å². The molecule has 2 aromatic rings. The Bertz CT molecular complexity index is 560. The van der Waals surface area contributed by atoms with Crippen LogP contribution >= 0.6 is 0 Å². The lowest BCUT2D eigenvalue weighted by Crippen LogP contribution is -2.12. The van der Waals surface area contributed by atoms with Crippen molar-refractivity contribution in [2.75, 3.05) is 6.54 Å². The summed E-state index contributed by atoms with van der Waals surface area (Å²) in [6.07, 6.45) is 1.01. The maximum absolute atomic E-state index is 9.64. The second-order valence-electron chi connectivity index (χ2n) is 4.69. The summed E-state index contributed by atoms with van der Waals surface area (Å²) in [5.41, 5.74) is 11.2. The number of aryl methyl sites for hydroxylation is 3. The number of H-pyrrole nitrogens is 1. The zero-order valence-corrected chi connectivity index (χ0v) is 11.0. The van der Waals surface area contributed by atoms with Crippen LogP contribution in [0.3, 0.4) is 0 Å². The van der Waals surface area contributed by atoms with E-state index >= 15 is 0 Å². The number of nitrogens with one attached hydrogen (secondary N) is 1. The number of aromatic nitrogens is 2. The van der Waals surface area contributed by atoms with Crippen LogP contribution < -0.4 is 5.73 Å². The fourth-order valence-electron chi connectivity index (χ4n) is 2.01. The van der Waals surface area contributed by atoms with Crippen molar-refractivity contribution in [2.45, 2.75) is 26.9 Å². The average molecular weight is 245 g/mol. The first-order chi connectivity index (χ1) is 8.52. The molecule has 0 aliphatic heterocycles. The molecule has 0 spiro atoms. The van der Waals surface area contributed by atoms with Crippen LogP contribution in [-0.2, 0) is 0 Å². The fourth-order valence-corrected chi connectivity index (χ4v) is 2.01. The SMILES string of the molecule is Cc1cc(C)c(-c2cnc(C(O)CN)[nH]2)cc1C. The number of benzene rings is 1. The molecule has 96 valence electrons. The van der Waals surface area contributed by atoms with Crippen LogP contribution in [0.25, 0.3) is 11.3 Å². The van der Waals surface area contributed by atoms with Crippen molar-refractivity contribution in [1.29, 1.82) is 0 Å². The van der Waals surface area contributed by atoms with Gasteiger partial charge in [0.25, 0.3) is 0 Å². The summed E-state index contributed by atoms with van der Waals surface area (Å²) in [6.45, 7) is 6.42. The van der Waals surface area contributed by atoms with Gasteiger partial charge in [-0.3, -0.25) is 0 Å². The van der Waals surface area contributed by atoms with Gasteiger partial charge in [-0.25, -0.2) is 4.98 Å². The minimum Gasteiger partial charge on any atom is -0.384 e. The Morgan fingerprint density at radius 3 is 2.56 bits per heavy atom. The molecule has 0 amide bonds. The van der Waals surface area contributed by atoms with Crippen LogP contribution in [0.5, 0.6) is 0 Å². The summed E-state index contributed by atoms with van der Waals surface area (Å²) in [7, 11) is 0. The van der Waals surface area contributed by atoms with Gasteiger partial charge in [0.05, 0.1) is 11.9 Å². The van der Waals surface area contributed by atoms with Gasteiger partial charge in [-0.05, 0) is 43.5 Å². The first-order valence-electron chi connectivity index (χ1n) is 6.04. The van der Waals surface area contributed by atoms with Crippen LogP contribution in [-0.4, -0.2) is 21.6 Å². The molecule has 1 aromatic carbocycles. The van der Waals surface area contributed by atoms with Crippen LogP contribution in [0.4, 0.5) is 0 Å². The number of aliphatic hydroxyl groups is 1. The van der Waals surface area contributed by atoms with Crippen LogP contribution in [0.2, 0.25) is 0 Å². The van der Waals surface area contributed by atoms with Crippen molar-refractivity contribution in [2.24, 2.45) is 5.73 Å². The zero-order valence-electron chi connectivity index (χ0n) is 11.0. The van der Waals surface area contributed by atoms with Crippen LogP contribution in [0, 0.1) is 20.8 Å². The van der Waals surface area contributed by atoms with Crippen molar-refractivity contribution in [1.82, 2.24) is 9.97 Å². The second kappa shape index (κ2) is 4.92. The van der Waals surface area contributed by atoms with E-state index in [1.165, 1.54) is 16.7 Å². The highest BCUT2D eigenvalue weighted by Gasteiger charge is 2.12. The van der Waals surface area contributed by atoms with Gasteiger partial charge >= 0.3 is 0 Å². The predicted octanol–water partition coefficient (Wildman–Crippen LogP) is 1.99. The van der Waals surface area contributed by atoms with E-state index in [1.807, 2.05) is 0 Å². The van der Waals surface area contributed by atoms with E-state index < -0.39 is 6.10 Å². The number of hydrogen-bond acceptors (Lipinski definition) is 3. The fraction of sp³-hybridized carbons (Fsp3) is 0.357. The predicted molar refractivity (Wildman–Crippen MR) is 72.2 cm³/mol. The first kappa shape index (κ1) is 12.8. The van der Waals surface area contributed by atoms with Gasteiger partial charge in [0, 0.05) is 12.1 Å². The lowest BCUT2D eigenvalue weighted by Gasteiger charge is -2.08. The normalized spacial score (nSPS) is 12.7. The highest BCUT2D eigenvalue weighted by molar-refractivity contribution is 5.65. The topological polar surface area (TPSA) is 74.9 Å². The van der Waals surface area contributed by atoms with E-state index in [4.69, 9.17) is 5.73 Å². The Balaban J connectivity index is 2.43. The molecule has 4 nitrogen and oxygen atoms in total. The minimum absolute atomic E-state index is 0.166. The minimum atomic E-state index is -0.731. The van der Waals surface area contributed by atoms with Crippen molar-refractivity contribution in [3.63, 3.8) is 0 Å². The molecule has 1 unspecified atom stereocenters. The third kappa shape index (κ3) is 2.30. The summed E-state index contributed by atoms with van der Waals surface area (Å²) in [4.78, 5) is 7.30. The Morgan fingerprint density at radius 2 is 1.89 bits per heavy atom. The van der Waals surface area contributed by atoms with Gasteiger partial charge in [0.1, 0.15) is 11.9 Å². The molecule has 0 saturated carbocycles. The molecule has 1 heterocycles. The highest BCUT2D eigenvalue weighted by atomic mass is 16.3. The molecule has 0 bridgehead atoms. The van der Waals surface area contributed by atoms with Crippen molar-refractivity contribution >= 4 is 0 Å². The number of imidazole rings is 1. The number of aromatic amines is 1. The molecule has 0 radical (unpaired) electrons. The summed E-state index contributed by atoms with van der Waals surface area (Å²) in [6, 6.07) is 4.29. The maximum Gasteiger partial charge on any atom is 0.136 e. The van der Waals surface area contributed by atoms with Crippen molar-refractivity contribution in [3.8, 4) is 11.3 Å². The summed E-state index contributed by atoms with van der Waals surface area (Å²) < 4.78 is 0. The Labute approximate surface area is 107 Å². The largest absolute Gasteiger partial charge is 0.384 e. The lowest BCUT2D eigenvalue weighted by molar-refractivity contribution is 0.177. The van der Waals surface area contributed by atoms with Crippen molar-refractivity contribution < 1.29 is 5.11 Å². The Kier molecular flexibility index (Phi) is 3.50. The van der Waals surface area contributed by atoms with Gasteiger partial charge in [-0.15, -0.1) is 0 Å². The van der Waals surface area contributed by atoms with Crippen molar-refractivity contribution in [3.05, 3.63) is 40.8 Å². The molecule has 4 N–H and O–H groups in total. The molecule has 1 atom stereocenters. The third-order valence-electron chi connectivity index (χ3n) is 3.27. The number of nitrogens with two attached hydrogens (primary N) is 1. The number of hydrogen-bond donors (Lipinski definition) is 3. The number of rotatable bonds is 3. The molecule has 0 aliphatic carbocycles. The zero-order chi connectivity index (χ0) is 13.3. The molecule has 0 saturated heterocycles. The standard InChI is InChI=1S/C14H19N3O/c1-8-4-10(3)11(5-9(8)2)12-7-16-14(17-12)13(18)6-15/h4-5,7,13,18H,6,15H2,1-3H3,(H,16,17). The summed E-state index contributed by atoms with van der Waals surface area (Å²) in [5.74, 6) is 0.519. The quantitative estimate of drug-likeness (QED) is 0.774. The van der Waals surface area contributed by atoms with Gasteiger partial charge in [0.15, 0.2) is 0 Å². The highest BCUT2D eigenvalue weighted by Crippen LogP contribution is 2.25. The average Bonchev–Trinajstić information content (AvgIpc) is 2.82. The number of aliphatic hydroxyl groups excluding tert-OH is 1. The van der Waals surface area contributed by atoms with E-state index in [-0.39, 0.29) is 6.54 Å². The first-order valence-corrected chi connectivity index (χ1v) is 6.04. The third-order valence-corrected chi connectivity index (χ3v) is 3.27. The Morgan fingerprint density at radius 1 is 1.22 bits per heavy atom. The Hall–Kier alpha value is -1.65. The maximum atomic E-state index is 9.64. The van der Waals surface area contributed by atoms with Gasteiger partial charge < -0.3 is 15.8 Å². The monoisotopic (exact) mass is 245 g/mol. The van der Waals surface area contributed by atoms with E-state index in [1.54, 1.807) is 6.20 Å². The van der Waals surface area contributed by atoms with E-state index in [0.717, 1.165) is 11.3 Å². The summed E-state index contributed by atoms with van der Waals surface area (Å²) >= 11 is 0. The van der Waals surface area contributed by atoms with Crippen LogP contribution in [0.15, 0.2) is 18.3 Å². The lowest BCUT2D eigenvalue weighted by atomic mass is 9.99. The smallest absolute Gasteiger partial charge is 0.136 e. The second-order valence-corrected chi connectivity index (χ2v) is 4.69. The number of nitrogens with zero attached hydrogens (tertiary/aromatic N) is 1. The molecule has 0 aliphatic rings. The van der Waals surface area contributed by atoms with Gasteiger partial charge in [-0.2, -0.15) is 0 Å². The summed E-state index contributed by atoms with van der Waals surface area (Å²) in [5, 5.41) is 9.64. The molecular formula is C14H19N3O. The van der Waals surface area contributed by atoms with E-state index in [0.29, 0.717) is 5.82 Å². The van der Waals surface area contributed by atoms with Crippen LogP contribution in [0.1, 0.15) is 28.6 Å². The van der Waals surface area contributed by atoms with Gasteiger partial charge in [0.2, 0.25) is 0 Å². The molecule has 1 aromatic heterocycles. The van der Waals surface area contributed by atoms with Gasteiger partial charge in [-0.1, -0.05) is 6.07 Å². The van der Waals surface area contributed by atoms with E-state index in [9.17, 15) is 5.11 Å². The molecule has 4 heteroatoms. The molecule has 18 heavy (non-hydrogen) atoms. The molecule has 0 fully saturated rings.